The molecule has 0 aliphatic rings. The predicted molar refractivity (Wildman–Crippen MR) is 36.8 cm³/mol. The van der Waals surface area contributed by atoms with E-state index in [9.17, 15) is 22.4 Å². The minimum absolute atomic E-state index is 0.572. The topological polar surface area (TPSA) is 26.3 Å². The molecule has 0 bridgehead atoms. The van der Waals surface area contributed by atoms with Crippen molar-refractivity contribution in [2.24, 2.45) is 0 Å². The molecule has 0 saturated carbocycles. The van der Waals surface area contributed by atoms with Crippen molar-refractivity contribution in [1.82, 2.24) is 0 Å². The van der Waals surface area contributed by atoms with E-state index < -0.39 is 23.9 Å². The first-order chi connectivity index (χ1) is 5.58. The van der Waals surface area contributed by atoms with Crippen LogP contribution in [0.5, 0.6) is 0 Å². The van der Waals surface area contributed by atoms with E-state index in [0.717, 1.165) is 6.92 Å². The molecule has 2 nitrogen and oxygen atoms in total. The number of carbonyl (C=O) groups is 1. The van der Waals surface area contributed by atoms with Gasteiger partial charge >= 0.3 is 12.1 Å². The summed E-state index contributed by atoms with van der Waals surface area (Å²) in [6.45, 7) is 1.92. The van der Waals surface area contributed by atoms with E-state index in [1.807, 2.05) is 0 Å². The summed E-state index contributed by atoms with van der Waals surface area (Å²) in [5, 5.41) is 0. The first-order valence-corrected chi connectivity index (χ1v) is 3.52. The lowest BCUT2D eigenvalue weighted by atomic mass is 10.1. The summed E-state index contributed by atoms with van der Waals surface area (Å²) >= 11 is 0. The maximum atomic E-state index is 12.7. The van der Waals surface area contributed by atoms with Gasteiger partial charge in [0, 0.05) is 0 Å². The molecule has 0 radical (unpaired) electrons. The monoisotopic (exact) mass is 202 g/mol. The van der Waals surface area contributed by atoms with Crippen LogP contribution in [0.1, 0.15) is 20.8 Å². The van der Waals surface area contributed by atoms with Gasteiger partial charge in [-0.15, -0.1) is 0 Å². The number of hydrogen-bond donors (Lipinski definition) is 0. The average molecular weight is 202 g/mol. The Morgan fingerprint density at radius 3 is 1.92 bits per heavy atom. The molecule has 0 N–H and O–H groups in total. The zero-order valence-corrected chi connectivity index (χ0v) is 7.41. The van der Waals surface area contributed by atoms with Crippen LogP contribution < -0.4 is 0 Å². The summed E-state index contributed by atoms with van der Waals surface area (Å²) in [5.74, 6) is 0. The molecule has 0 aromatic heterocycles. The molecule has 78 valence electrons. The van der Waals surface area contributed by atoms with Crippen LogP contribution in [-0.2, 0) is 9.53 Å². The fourth-order valence-electron chi connectivity index (χ4n) is 0.408. The van der Waals surface area contributed by atoms with Crippen LogP contribution in [0.2, 0.25) is 0 Å². The molecule has 0 aliphatic carbocycles. The van der Waals surface area contributed by atoms with Crippen molar-refractivity contribution in [3.8, 4) is 0 Å². The van der Waals surface area contributed by atoms with Crippen molar-refractivity contribution < 1.29 is 27.1 Å². The number of hydrogen-bond acceptors (Lipinski definition) is 2. The Morgan fingerprint density at radius 2 is 1.69 bits per heavy atom. The smallest absolute Gasteiger partial charge is 0.304 e. The number of rotatable bonds is 4. The Bertz CT molecular complexity index is 197. The molecular weight excluding hydrogens is 192 g/mol. The summed E-state index contributed by atoms with van der Waals surface area (Å²) in [4.78, 5) is 9.90. The van der Waals surface area contributed by atoms with Crippen LogP contribution in [0.4, 0.5) is 17.6 Å². The van der Waals surface area contributed by atoms with E-state index in [1.54, 1.807) is 0 Å². The van der Waals surface area contributed by atoms with Crippen molar-refractivity contribution >= 4 is 6.04 Å². The predicted octanol–water partition coefficient (Wildman–Crippen LogP) is 2.23. The van der Waals surface area contributed by atoms with E-state index >= 15 is 0 Å². The van der Waals surface area contributed by atoms with Gasteiger partial charge in [0.15, 0.2) is 11.8 Å². The third-order valence-electron chi connectivity index (χ3n) is 1.34. The van der Waals surface area contributed by atoms with Crippen LogP contribution in [0.25, 0.3) is 0 Å². The van der Waals surface area contributed by atoms with Crippen LogP contribution in [0, 0.1) is 0 Å². The van der Waals surface area contributed by atoms with Gasteiger partial charge in [-0.1, -0.05) is 0 Å². The van der Waals surface area contributed by atoms with Crippen molar-refractivity contribution in [1.29, 1.82) is 0 Å². The Balaban J connectivity index is 4.43. The average Bonchev–Trinajstić information content (AvgIpc) is 1.83. The third kappa shape index (κ3) is 3.30. The molecule has 0 saturated heterocycles. The van der Waals surface area contributed by atoms with Crippen molar-refractivity contribution in [2.75, 3.05) is 0 Å². The number of carbonyl (C=O) groups excluding carboxylic acids is 1. The molecule has 0 aliphatic heterocycles. The van der Waals surface area contributed by atoms with Crippen molar-refractivity contribution in [2.45, 2.75) is 38.7 Å². The zero-order valence-electron chi connectivity index (χ0n) is 7.41. The summed E-state index contributed by atoms with van der Waals surface area (Å²) in [7, 11) is 0. The third-order valence-corrected chi connectivity index (χ3v) is 1.34. The maximum absolute atomic E-state index is 12.7. The van der Waals surface area contributed by atoms with E-state index in [2.05, 4.69) is 4.74 Å². The fourth-order valence-corrected chi connectivity index (χ4v) is 0.408. The lowest BCUT2D eigenvalue weighted by Crippen LogP contribution is -2.44. The van der Waals surface area contributed by atoms with Gasteiger partial charge in [0.2, 0.25) is 0 Å². The van der Waals surface area contributed by atoms with Crippen LogP contribution in [0.15, 0.2) is 0 Å². The molecule has 0 rings (SSSR count). The van der Waals surface area contributed by atoms with E-state index in [0.29, 0.717) is 13.8 Å². The standard InChI is InChI=1S/C7H10F4O2/c1-4(5(8)12)13-7(10,11)6(2,3)9/h4H,1-3H3. The van der Waals surface area contributed by atoms with Gasteiger partial charge < -0.3 is 4.74 Å². The highest BCUT2D eigenvalue weighted by Gasteiger charge is 2.50. The number of ether oxygens (including phenoxy) is 1. The van der Waals surface area contributed by atoms with Crippen LogP contribution in [0.3, 0.4) is 0 Å². The maximum Gasteiger partial charge on any atom is 0.389 e. The highest BCUT2D eigenvalue weighted by molar-refractivity contribution is 5.72. The molecular formula is C7H10F4O2. The highest BCUT2D eigenvalue weighted by Crippen LogP contribution is 2.33. The van der Waals surface area contributed by atoms with Crippen LogP contribution in [-0.4, -0.2) is 23.9 Å². The normalized spacial score (nSPS) is 15.6. The quantitative estimate of drug-likeness (QED) is 0.516. The molecule has 1 atom stereocenters. The molecule has 0 spiro atoms. The fraction of sp³-hybridized carbons (Fsp3) is 0.857. The SMILES string of the molecule is CC(OC(F)(F)C(C)(C)F)C(=O)F. The second-order valence-corrected chi connectivity index (χ2v) is 3.05. The summed E-state index contributed by atoms with van der Waals surface area (Å²) in [5.41, 5.74) is -2.96. The second kappa shape index (κ2) is 3.61. The first-order valence-electron chi connectivity index (χ1n) is 3.52. The summed E-state index contributed by atoms with van der Waals surface area (Å²) in [6, 6.07) is -2.07. The van der Waals surface area contributed by atoms with Crippen molar-refractivity contribution in [3.05, 3.63) is 0 Å². The van der Waals surface area contributed by atoms with Gasteiger partial charge in [-0.05, 0) is 20.8 Å². The molecule has 13 heavy (non-hydrogen) atoms. The van der Waals surface area contributed by atoms with Gasteiger partial charge in [0.25, 0.3) is 0 Å². The molecule has 0 amide bonds. The number of halogens is 4. The van der Waals surface area contributed by atoms with Gasteiger partial charge in [-0.25, -0.2) is 4.39 Å². The molecule has 0 aromatic rings. The van der Waals surface area contributed by atoms with Crippen molar-refractivity contribution in [3.63, 3.8) is 0 Å². The van der Waals surface area contributed by atoms with Gasteiger partial charge in [-0.3, -0.25) is 4.79 Å². The lowest BCUT2D eigenvalue weighted by molar-refractivity contribution is -0.313. The van der Waals surface area contributed by atoms with E-state index in [-0.39, 0.29) is 0 Å². The Kier molecular flexibility index (Phi) is 3.43. The molecule has 0 aromatic carbocycles. The molecule has 0 fully saturated rings. The summed E-state index contributed by atoms with van der Waals surface area (Å²) in [6.07, 6.45) is -6.15. The second-order valence-electron chi connectivity index (χ2n) is 3.05. The van der Waals surface area contributed by atoms with E-state index in [4.69, 9.17) is 0 Å². The van der Waals surface area contributed by atoms with Crippen LogP contribution >= 0.6 is 0 Å². The Hall–Kier alpha value is -0.650. The zero-order chi connectivity index (χ0) is 10.9. The highest BCUT2D eigenvalue weighted by atomic mass is 19.3. The van der Waals surface area contributed by atoms with E-state index in [1.165, 1.54) is 0 Å². The Labute approximate surface area is 72.9 Å². The molecule has 6 heteroatoms. The first kappa shape index (κ1) is 12.3. The minimum Gasteiger partial charge on any atom is -0.304 e. The number of alkyl halides is 3. The Morgan fingerprint density at radius 1 is 1.31 bits per heavy atom. The molecule has 0 heterocycles. The minimum atomic E-state index is -4.19. The lowest BCUT2D eigenvalue weighted by Gasteiger charge is -2.27. The largest absolute Gasteiger partial charge is 0.389 e. The van der Waals surface area contributed by atoms with Gasteiger partial charge in [0.1, 0.15) is 0 Å². The molecule has 1 unspecified atom stereocenters. The summed E-state index contributed by atoms with van der Waals surface area (Å²) < 4.78 is 53.4. The van der Waals surface area contributed by atoms with Gasteiger partial charge in [-0.2, -0.15) is 13.2 Å². The van der Waals surface area contributed by atoms with Gasteiger partial charge in [0.05, 0.1) is 0 Å².